The maximum Gasteiger partial charge on any atom is 0.118 e. The van der Waals surface area contributed by atoms with E-state index in [9.17, 15) is 5.11 Å². The second kappa shape index (κ2) is 4.99. The van der Waals surface area contributed by atoms with Gasteiger partial charge in [-0.3, -0.25) is 0 Å². The average molecular weight is 260 g/mol. The molecule has 19 heavy (non-hydrogen) atoms. The molecule has 1 aromatic carbocycles. The molecule has 1 N–H and O–H groups in total. The molecule has 102 valence electrons. The van der Waals surface area contributed by atoms with Crippen LogP contribution in [0.1, 0.15) is 37.4 Å². The number of aliphatic hydroxyl groups excluding tert-OH is 1. The Balaban J connectivity index is 1.76. The van der Waals surface area contributed by atoms with E-state index >= 15 is 0 Å². The summed E-state index contributed by atoms with van der Waals surface area (Å²) in [5.74, 6) is 0.846. The van der Waals surface area contributed by atoms with Gasteiger partial charge in [0.25, 0.3) is 0 Å². The van der Waals surface area contributed by atoms with Crippen molar-refractivity contribution in [2.24, 2.45) is 0 Å². The monoisotopic (exact) mass is 260 g/mol. The maximum atomic E-state index is 10.2. The zero-order chi connectivity index (χ0) is 13.3. The second-order valence-electron chi connectivity index (χ2n) is 5.39. The summed E-state index contributed by atoms with van der Waals surface area (Å²) < 4.78 is 11.3. The van der Waals surface area contributed by atoms with Crippen molar-refractivity contribution >= 4 is 0 Å². The summed E-state index contributed by atoms with van der Waals surface area (Å²) in [6.45, 7) is 0. The van der Waals surface area contributed by atoms with E-state index in [1.807, 2.05) is 24.3 Å². The Morgan fingerprint density at radius 3 is 2.74 bits per heavy atom. The van der Waals surface area contributed by atoms with Crippen molar-refractivity contribution in [3.8, 4) is 5.75 Å². The van der Waals surface area contributed by atoms with Crippen LogP contribution in [0.4, 0.5) is 0 Å². The lowest BCUT2D eigenvalue weighted by Gasteiger charge is -2.37. The molecule has 1 saturated carbocycles. The van der Waals surface area contributed by atoms with E-state index in [1.54, 1.807) is 7.11 Å². The summed E-state index contributed by atoms with van der Waals surface area (Å²) in [6, 6.07) is 7.91. The van der Waals surface area contributed by atoms with E-state index in [2.05, 4.69) is 12.2 Å². The van der Waals surface area contributed by atoms with E-state index < -0.39 is 5.60 Å². The Bertz CT molecular complexity index is 465. The largest absolute Gasteiger partial charge is 0.497 e. The molecule has 0 aromatic heterocycles. The predicted octanol–water partition coefficient (Wildman–Crippen LogP) is 3.00. The Kier molecular flexibility index (Phi) is 3.33. The summed E-state index contributed by atoms with van der Waals surface area (Å²) in [7, 11) is 1.66. The molecule has 1 fully saturated rings. The van der Waals surface area contributed by atoms with Gasteiger partial charge >= 0.3 is 0 Å². The van der Waals surface area contributed by atoms with Gasteiger partial charge in [-0.05, 0) is 30.5 Å². The first-order valence-electron chi connectivity index (χ1n) is 6.93. The summed E-state index contributed by atoms with van der Waals surface area (Å²) in [4.78, 5) is 0. The van der Waals surface area contributed by atoms with Gasteiger partial charge in [0, 0.05) is 0 Å². The number of hydrogen-bond acceptors (Lipinski definition) is 3. The number of rotatable bonds is 2. The number of hydrogen-bond donors (Lipinski definition) is 1. The van der Waals surface area contributed by atoms with Crippen molar-refractivity contribution in [2.45, 2.75) is 43.5 Å². The predicted molar refractivity (Wildman–Crippen MR) is 73.2 cm³/mol. The summed E-state index contributed by atoms with van der Waals surface area (Å²) in [5.41, 5.74) is 0.648. The van der Waals surface area contributed by atoms with Crippen molar-refractivity contribution in [1.82, 2.24) is 0 Å². The van der Waals surface area contributed by atoms with E-state index in [0.717, 1.165) is 37.0 Å². The molecule has 3 atom stereocenters. The van der Waals surface area contributed by atoms with E-state index in [1.165, 1.54) is 0 Å². The molecule has 1 spiro atoms. The number of ether oxygens (including phenoxy) is 2. The minimum Gasteiger partial charge on any atom is -0.497 e. The minimum atomic E-state index is -0.456. The van der Waals surface area contributed by atoms with Gasteiger partial charge in [-0.25, -0.2) is 0 Å². The zero-order valence-corrected chi connectivity index (χ0v) is 11.2. The van der Waals surface area contributed by atoms with Gasteiger partial charge in [0.1, 0.15) is 17.5 Å². The minimum absolute atomic E-state index is 0.0568. The molecule has 1 aliphatic carbocycles. The smallest absolute Gasteiger partial charge is 0.118 e. The Morgan fingerprint density at radius 1 is 1.26 bits per heavy atom. The summed E-state index contributed by atoms with van der Waals surface area (Å²) >= 11 is 0. The fraction of sp³-hybridized carbons (Fsp3) is 0.500. The van der Waals surface area contributed by atoms with Crippen molar-refractivity contribution in [1.29, 1.82) is 0 Å². The molecule has 0 radical (unpaired) electrons. The quantitative estimate of drug-likeness (QED) is 0.831. The molecule has 3 nitrogen and oxygen atoms in total. The SMILES string of the molecule is COc1ccc(C2C=C[C@]3(CCCC[C@@H]3O)O2)cc1. The van der Waals surface area contributed by atoms with E-state index in [4.69, 9.17) is 9.47 Å². The number of aliphatic hydroxyl groups is 1. The molecule has 2 aliphatic rings. The second-order valence-corrected chi connectivity index (χ2v) is 5.39. The van der Waals surface area contributed by atoms with Gasteiger partial charge in [0.05, 0.1) is 13.2 Å². The first-order chi connectivity index (χ1) is 9.23. The summed E-state index contributed by atoms with van der Waals surface area (Å²) in [5, 5.41) is 10.2. The topological polar surface area (TPSA) is 38.7 Å². The van der Waals surface area contributed by atoms with Gasteiger partial charge in [-0.1, -0.05) is 37.1 Å². The van der Waals surface area contributed by atoms with Crippen LogP contribution < -0.4 is 4.74 Å². The lowest BCUT2D eigenvalue weighted by atomic mass is 9.82. The molecule has 1 unspecified atom stereocenters. The fourth-order valence-electron chi connectivity index (χ4n) is 3.02. The van der Waals surface area contributed by atoms with Crippen LogP contribution in [0.15, 0.2) is 36.4 Å². The highest BCUT2D eigenvalue weighted by Gasteiger charge is 2.43. The maximum absolute atomic E-state index is 10.2. The first kappa shape index (κ1) is 12.7. The Hall–Kier alpha value is -1.32. The third kappa shape index (κ3) is 2.28. The Morgan fingerprint density at radius 2 is 2.05 bits per heavy atom. The van der Waals surface area contributed by atoms with Gasteiger partial charge in [0.15, 0.2) is 0 Å². The molecule has 3 heteroatoms. The normalized spacial score (nSPS) is 33.8. The highest BCUT2D eigenvalue weighted by atomic mass is 16.5. The van der Waals surface area contributed by atoms with Crippen molar-refractivity contribution in [2.75, 3.05) is 7.11 Å². The molecule has 0 saturated heterocycles. The Labute approximate surface area is 113 Å². The van der Waals surface area contributed by atoms with Gasteiger partial charge < -0.3 is 14.6 Å². The fourth-order valence-corrected chi connectivity index (χ4v) is 3.02. The molecule has 1 heterocycles. The lowest BCUT2D eigenvalue weighted by Crippen LogP contribution is -2.43. The average Bonchev–Trinajstić information content (AvgIpc) is 2.88. The molecule has 3 rings (SSSR count). The molecular formula is C16H20O3. The molecule has 1 aromatic rings. The van der Waals surface area contributed by atoms with Crippen molar-refractivity contribution in [3.63, 3.8) is 0 Å². The van der Waals surface area contributed by atoms with Crippen LogP contribution in [-0.4, -0.2) is 23.9 Å². The van der Waals surface area contributed by atoms with Crippen molar-refractivity contribution < 1.29 is 14.6 Å². The van der Waals surface area contributed by atoms with Crippen molar-refractivity contribution in [3.05, 3.63) is 42.0 Å². The van der Waals surface area contributed by atoms with Crippen LogP contribution in [0.3, 0.4) is 0 Å². The number of methoxy groups -OCH3 is 1. The molecule has 0 bridgehead atoms. The molecular weight excluding hydrogens is 240 g/mol. The molecule has 1 aliphatic heterocycles. The van der Waals surface area contributed by atoms with Crippen LogP contribution in [0, 0.1) is 0 Å². The highest BCUT2D eigenvalue weighted by Crippen LogP contribution is 2.42. The summed E-state index contributed by atoms with van der Waals surface area (Å²) in [6.07, 6.45) is 7.66. The van der Waals surface area contributed by atoms with Gasteiger partial charge in [-0.15, -0.1) is 0 Å². The zero-order valence-electron chi connectivity index (χ0n) is 11.2. The number of benzene rings is 1. The van der Waals surface area contributed by atoms with Crippen LogP contribution in [-0.2, 0) is 4.74 Å². The van der Waals surface area contributed by atoms with Gasteiger partial charge in [0.2, 0.25) is 0 Å². The first-order valence-corrected chi connectivity index (χ1v) is 6.93. The third-order valence-corrected chi connectivity index (χ3v) is 4.20. The van der Waals surface area contributed by atoms with Crippen LogP contribution >= 0.6 is 0 Å². The van der Waals surface area contributed by atoms with E-state index in [-0.39, 0.29) is 12.2 Å². The van der Waals surface area contributed by atoms with Gasteiger partial charge in [-0.2, -0.15) is 0 Å². The standard InChI is InChI=1S/C16H20O3/c1-18-13-7-5-12(6-8-13)14-9-11-16(19-14)10-3-2-4-15(16)17/h5-9,11,14-15,17H,2-4,10H2,1H3/t14?,15-,16-/m0/s1. The molecule has 0 amide bonds. The van der Waals surface area contributed by atoms with E-state index in [0.29, 0.717) is 0 Å². The van der Waals surface area contributed by atoms with Crippen LogP contribution in [0.2, 0.25) is 0 Å². The van der Waals surface area contributed by atoms with Crippen LogP contribution in [0.25, 0.3) is 0 Å². The highest BCUT2D eigenvalue weighted by molar-refractivity contribution is 5.32. The third-order valence-electron chi connectivity index (χ3n) is 4.20. The van der Waals surface area contributed by atoms with Crippen LogP contribution in [0.5, 0.6) is 5.75 Å². The lowest BCUT2D eigenvalue weighted by molar-refractivity contribution is -0.120.